The molecule has 0 fully saturated rings. The Hall–Kier alpha value is -2.43. The molecule has 5 heteroatoms. The van der Waals surface area contributed by atoms with E-state index in [4.69, 9.17) is 10.2 Å². The van der Waals surface area contributed by atoms with E-state index in [1.807, 2.05) is 6.08 Å². The molecule has 2 N–H and O–H groups in total. The van der Waals surface area contributed by atoms with Gasteiger partial charge in [0.05, 0.1) is 11.1 Å². The van der Waals surface area contributed by atoms with Gasteiger partial charge in [0.2, 0.25) is 0 Å². The normalized spacial score (nSPS) is 11.0. The van der Waals surface area contributed by atoms with Crippen LogP contribution in [-0.2, 0) is 0 Å². The molecule has 82 valence electrons. The van der Waals surface area contributed by atoms with E-state index in [0.29, 0.717) is 0 Å². The fourth-order valence-electron chi connectivity index (χ4n) is 0.942. The molecule has 0 atom stereocenters. The summed E-state index contributed by atoms with van der Waals surface area (Å²) in [4.78, 5) is 24.5. The van der Waals surface area contributed by atoms with Crippen molar-refractivity contribution >= 4 is 18.2 Å². The molecule has 0 unspecified atom stereocenters. The zero-order valence-electron chi connectivity index (χ0n) is 8.20. The summed E-state index contributed by atoms with van der Waals surface area (Å²) >= 11 is 0. The number of aromatic carboxylic acids is 2. The fourth-order valence-corrected chi connectivity index (χ4v) is 0.942. The molecule has 0 radical (unpaired) electrons. The summed E-state index contributed by atoms with van der Waals surface area (Å²) in [5.41, 5.74) is -0.380. The summed E-state index contributed by atoms with van der Waals surface area (Å²) in [5.74, 6) is -2.46. The maximum atomic E-state index is 10.5. The Morgan fingerprint density at radius 2 is 1.31 bits per heavy atom. The number of carbonyl (C=O) groups is 2. The van der Waals surface area contributed by atoms with Crippen LogP contribution in [0.25, 0.3) is 0 Å². The third kappa shape index (κ3) is 3.06. The number of allylic oxidation sites excluding steroid dienone is 1. The summed E-state index contributed by atoms with van der Waals surface area (Å²) in [7, 11) is 0. The minimum atomic E-state index is -1.23. The van der Waals surface area contributed by atoms with Crippen LogP contribution in [0.1, 0.15) is 20.7 Å². The van der Waals surface area contributed by atoms with Crippen LogP contribution in [0.5, 0.6) is 0 Å². The maximum Gasteiger partial charge on any atom is 0.336 e. The Morgan fingerprint density at radius 1 is 1.00 bits per heavy atom. The van der Waals surface area contributed by atoms with Crippen molar-refractivity contribution in [3.63, 3.8) is 0 Å². The Morgan fingerprint density at radius 3 is 1.50 bits per heavy atom. The number of nitrogens with zero attached hydrogens (tertiary/aromatic N) is 1. The average Bonchev–Trinajstić information content (AvgIpc) is 2.15. The van der Waals surface area contributed by atoms with Gasteiger partial charge in [-0.25, -0.2) is 9.59 Å². The smallest absolute Gasteiger partial charge is 0.336 e. The first-order chi connectivity index (χ1) is 7.63. The molecule has 0 aliphatic carbocycles. The minimum absolute atomic E-state index is 0.190. The number of carboxylic acid groups (broad SMARTS) is 2. The first kappa shape index (κ1) is 11.6. The Labute approximate surface area is 91.4 Å². The number of benzene rings is 1. The number of aliphatic imine (C=N–C) groups is 1. The van der Waals surface area contributed by atoms with Gasteiger partial charge >= 0.3 is 11.9 Å². The minimum Gasteiger partial charge on any atom is -0.478 e. The standard InChI is InChI=1S/C8H6O4.C3H3N/c9-7(10)5-3-1-2-4-6(5)8(11)12;1-2-4-3-1/h1-4H,(H,9,10)(H,11,12);1-3H. The SMILES string of the molecule is C1=CN=C1.O=C(O)c1ccccc1C(=O)O. The van der Waals surface area contributed by atoms with Crippen molar-refractivity contribution in [1.29, 1.82) is 0 Å². The van der Waals surface area contributed by atoms with Crippen molar-refractivity contribution in [2.24, 2.45) is 4.99 Å². The van der Waals surface area contributed by atoms with Crippen LogP contribution >= 0.6 is 0 Å². The predicted molar refractivity (Wildman–Crippen MR) is 58.0 cm³/mol. The van der Waals surface area contributed by atoms with Crippen molar-refractivity contribution in [1.82, 2.24) is 0 Å². The van der Waals surface area contributed by atoms with E-state index in [0.717, 1.165) is 0 Å². The van der Waals surface area contributed by atoms with Gasteiger partial charge in [0.1, 0.15) is 0 Å². The molecule has 1 aromatic rings. The van der Waals surface area contributed by atoms with Crippen LogP contribution in [-0.4, -0.2) is 28.4 Å². The van der Waals surface area contributed by atoms with E-state index in [-0.39, 0.29) is 11.1 Å². The van der Waals surface area contributed by atoms with Gasteiger partial charge in [0.25, 0.3) is 0 Å². The number of hydrogen-bond acceptors (Lipinski definition) is 3. The summed E-state index contributed by atoms with van der Waals surface area (Å²) in [6.07, 6.45) is 5.39. The molecule has 1 heterocycles. The van der Waals surface area contributed by atoms with Crippen molar-refractivity contribution in [2.45, 2.75) is 0 Å². The third-order valence-corrected chi connectivity index (χ3v) is 1.73. The zero-order valence-corrected chi connectivity index (χ0v) is 8.20. The van der Waals surface area contributed by atoms with Crippen molar-refractivity contribution in [2.75, 3.05) is 0 Å². The Bertz CT molecular complexity index is 412. The molecule has 16 heavy (non-hydrogen) atoms. The van der Waals surface area contributed by atoms with E-state index in [2.05, 4.69) is 4.99 Å². The van der Waals surface area contributed by atoms with E-state index in [1.165, 1.54) is 24.3 Å². The van der Waals surface area contributed by atoms with Crippen LogP contribution in [0, 0.1) is 0 Å². The maximum absolute atomic E-state index is 10.5. The summed E-state index contributed by atoms with van der Waals surface area (Å²) in [5, 5.41) is 17.1. The van der Waals surface area contributed by atoms with Crippen molar-refractivity contribution in [3.8, 4) is 0 Å². The summed E-state index contributed by atoms with van der Waals surface area (Å²) in [6, 6.07) is 5.48. The molecule has 0 saturated carbocycles. The quantitative estimate of drug-likeness (QED) is 0.791. The molecule has 0 spiro atoms. The first-order valence-electron chi connectivity index (χ1n) is 4.37. The number of hydrogen-bond donors (Lipinski definition) is 2. The van der Waals surface area contributed by atoms with Gasteiger partial charge in [0.15, 0.2) is 0 Å². The lowest BCUT2D eigenvalue weighted by Crippen LogP contribution is -2.06. The average molecular weight is 219 g/mol. The molecule has 5 nitrogen and oxygen atoms in total. The van der Waals surface area contributed by atoms with Gasteiger partial charge in [-0.3, -0.25) is 4.99 Å². The van der Waals surface area contributed by atoms with Crippen LogP contribution in [0.4, 0.5) is 0 Å². The second-order valence-corrected chi connectivity index (χ2v) is 2.80. The molecule has 1 aliphatic heterocycles. The van der Waals surface area contributed by atoms with Gasteiger partial charge in [0, 0.05) is 12.4 Å². The van der Waals surface area contributed by atoms with Gasteiger partial charge in [-0.2, -0.15) is 0 Å². The largest absolute Gasteiger partial charge is 0.478 e. The van der Waals surface area contributed by atoms with Gasteiger partial charge in [-0.05, 0) is 18.2 Å². The molecular formula is C11H9NO4. The van der Waals surface area contributed by atoms with Crippen molar-refractivity contribution in [3.05, 3.63) is 47.7 Å². The van der Waals surface area contributed by atoms with E-state index in [9.17, 15) is 9.59 Å². The molecule has 0 aromatic heterocycles. The third-order valence-electron chi connectivity index (χ3n) is 1.73. The summed E-state index contributed by atoms with van der Waals surface area (Å²) in [6.45, 7) is 0. The van der Waals surface area contributed by atoms with Gasteiger partial charge in [-0.15, -0.1) is 0 Å². The molecule has 0 saturated heterocycles. The lowest BCUT2D eigenvalue weighted by Gasteiger charge is -1.98. The van der Waals surface area contributed by atoms with Crippen LogP contribution in [0.2, 0.25) is 0 Å². The highest BCUT2D eigenvalue weighted by atomic mass is 16.4. The van der Waals surface area contributed by atoms with E-state index < -0.39 is 11.9 Å². The highest BCUT2D eigenvalue weighted by Gasteiger charge is 2.13. The summed E-state index contributed by atoms with van der Waals surface area (Å²) < 4.78 is 0. The molecule has 1 aliphatic rings. The zero-order chi connectivity index (χ0) is 12.0. The van der Waals surface area contributed by atoms with Crippen LogP contribution < -0.4 is 0 Å². The molecule has 2 rings (SSSR count). The molecule has 1 aromatic carbocycles. The second-order valence-electron chi connectivity index (χ2n) is 2.80. The lowest BCUT2D eigenvalue weighted by molar-refractivity contribution is 0.0651. The first-order valence-corrected chi connectivity index (χ1v) is 4.37. The van der Waals surface area contributed by atoms with Gasteiger partial charge in [-0.1, -0.05) is 12.1 Å². The van der Waals surface area contributed by atoms with Crippen LogP contribution in [0.15, 0.2) is 41.5 Å². The highest BCUT2D eigenvalue weighted by Crippen LogP contribution is 2.07. The topological polar surface area (TPSA) is 87.0 Å². The predicted octanol–water partition coefficient (Wildman–Crippen LogP) is 1.67. The highest BCUT2D eigenvalue weighted by molar-refractivity contribution is 6.01. The van der Waals surface area contributed by atoms with E-state index >= 15 is 0 Å². The van der Waals surface area contributed by atoms with Crippen LogP contribution in [0.3, 0.4) is 0 Å². The fraction of sp³-hybridized carbons (Fsp3) is 0. The Balaban J connectivity index is 0.000000267. The number of carboxylic acids is 2. The number of rotatable bonds is 2. The van der Waals surface area contributed by atoms with Crippen molar-refractivity contribution < 1.29 is 19.8 Å². The molecule has 0 bridgehead atoms. The van der Waals surface area contributed by atoms with Gasteiger partial charge < -0.3 is 10.2 Å². The monoisotopic (exact) mass is 219 g/mol. The molecular weight excluding hydrogens is 210 g/mol. The molecule has 0 amide bonds. The van der Waals surface area contributed by atoms with E-state index in [1.54, 1.807) is 12.4 Å². The second kappa shape index (κ2) is 5.45. The lowest BCUT2D eigenvalue weighted by atomic mass is 10.1. The Kier molecular flexibility index (Phi) is 3.97.